The van der Waals surface area contributed by atoms with E-state index in [0.29, 0.717) is 0 Å². The van der Waals surface area contributed by atoms with Crippen LogP contribution in [0.1, 0.15) is 29.7 Å². The molecular formula is C13H16N4O2. The van der Waals surface area contributed by atoms with Crippen molar-refractivity contribution in [1.29, 1.82) is 0 Å². The molecule has 0 saturated heterocycles. The summed E-state index contributed by atoms with van der Waals surface area (Å²) in [6.45, 7) is 5.93. The summed E-state index contributed by atoms with van der Waals surface area (Å²) in [5.74, 6) is 0.0819. The van der Waals surface area contributed by atoms with E-state index in [1.165, 1.54) is 10.9 Å². The third-order valence-corrected chi connectivity index (χ3v) is 3.26. The predicted molar refractivity (Wildman–Crippen MR) is 73.0 cm³/mol. The molecule has 0 amide bonds. The Kier molecular flexibility index (Phi) is 3.25. The molecule has 2 rings (SSSR count). The Labute approximate surface area is 111 Å². The van der Waals surface area contributed by atoms with E-state index in [2.05, 4.69) is 5.10 Å². The first-order valence-corrected chi connectivity index (χ1v) is 5.96. The van der Waals surface area contributed by atoms with Crippen LogP contribution in [0.15, 0.2) is 24.4 Å². The molecule has 2 N–H and O–H groups in total. The Morgan fingerprint density at radius 3 is 2.68 bits per heavy atom. The van der Waals surface area contributed by atoms with Gasteiger partial charge in [0.2, 0.25) is 5.82 Å². The second-order valence-electron chi connectivity index (χ2n) is 4.65. The van der Waals surface area contributed by atoms with Gasteiger partial charge in [-0.25, -0.2) is 4.68 Å². The van der Waals surface area contributed by atoms with E-state index < -0.39 is 4.92 Å². The van der Waals surface area contributed by atoms with Crippen molar-refractivity contribution >= 4 is 11.5 Å². The molecule has 1 aromatic heterocycles. The molecule has 0 saturated carbocycles. The largest absolute Gasteiger partial charge is 0.378 e. The first-order valence-electron chi connectivity index (χ1n) is 5.96. The monoisotopic (exact) mass is 260 g/mol. The van der Waals surface area contributed by atoms with Crippen molar-refractivity contribution in [2.45, 2.75) is 26.8 Å². The van der Waals surface area contributed by atoms with Crippen LogP contribution in [0.4, 0.5) is 11.5 Å². The van der Waals surface area contributed by atoms with Gasteiger partial charge in [0.15, 0.2) is 0 Å². The van der Waals surface area contributed by atoms with Gasteiger partial charge in [-0.3, -0.25) is 10.1 Å². The van der Waals surface area contributed by atoms with Crippen molar-refractivity contribution in [3.8, 4) is 0 Å². The van der Waals surface area contributed by atoms with E-state index in [9.17, 15) is 10.1 Å². The number of nitrogens with two attached hydrogens (primary N) is 1. The molecule has 0 fully saturated rings. The molecule has 100 valence electrons. The summed E-state index contributed by atoms with van der Waals surface area (Å²) in [7, 11) is 0. The highest BCUT2D eigenvalue weighted by Gasteiger charge is 2.22. The Hall–Kier alpha value is -2.37. The lowest BCUT2D eigenvalue weighted by atomic mass is 10.0. The minimum Gasteiger partial charge on any atom is -0.378 e. The molecule has 1 aromatic carbocycles. The molecule has 0 aliphatic heterocycles. The van der Waals surface area contributed by atoms with Gasteiger partial charge in [0.05, 0.1) is 11.0 Å². The molecule has 0 bridgehead atoms. The van der Waals surface area contributed by atoms with Crippen LogP contribution < -0.4 is 5.73 Å². The highest BCUT2D eigenvalue weighted by atomic mass is 16.6. The van der Waals surface area contributed by atoms with Crippen LogP contribution in [0.2, 0.25) is 0 Å². The zero-order valence-corrected chi connectivity index (χ0v) is 11.1. The minimum atomic E-state index is -0.519. The third-order valence-electron chi connectivity index (χ3n) is 3.26. The van der Waals surface area contributed by atoms with Gasteiger partial charge in [0.1, 0.15) is 6.20 Å². The maximum absolute atomic E-state index is 10.8. The van der Waals surface area contributed by atoms with E-state index >= 15 is 0 Å². The van der Waals surface area contributed by atoms with Crippen LogP contribution >= 0.6 is 0 Å². The van der Waals surface area contributed by atoms with Gasteiger partial charge in [-0.1, -0.05) is 23.8 Å². The zero-order chi connectivity index (χ0) is 14.2. The SMILES string of the molecule is Cc1ccc(C)c(C(C)n2ncc([N+](=O)[O-])c2N)c1. The molecule has 0 spiro atoms. The van der Waals surface area contributed by atoms with Crippen LogP contribution in [-0.2, 0) is 0 Å². The quantitative estimate of drug-likeness (QED) is 0.678. The van der Waals surface area contributed by atoms with Crippen LogP contribution in [0, 0.1) is 24.0 Å². The number of hydrogen-bond acceptors (Lipinski definition) is 4. The van der Waals surface area contributed by atoms with Gasteiger partial charge in [0, 0.05) is 0 Å². The van der Waals surface area contributed by atoms with Crippen molar-refractivity contribution in [2.24, 2.45) is 0 Å². The summed E-state index contributed by atoms with van der Waals surface area (Å²) in [5.41, 5.74) is 8.93. The van der Waals surface area contributed by atoms with Crippen molar-refractivity contribution in [1.82, 2.24) is 9.78 Å². The Morgan fingerprint density at radius 1 is 1.42 bits per heavy atom. The number of rotatable bonds is 3. The molecule has 0 radical (unpaired) electrons. The molecule has 6 nitrogen and oxygen atoms in total. The van der Waals surface area contributed by atoms with Gasteiger partial charge in [-0.05, 0) is 31.9 Å². The number of anilines is 1. The lowest BCUT2D eigenvalue weighted by Gasteiger charge is -2.17. The van der Waals surface area contributed by atoms with Crippen molar-refractivity contribution in [3.63, 3.8) is 0 Å². The number of nitrogen functional groups attached to an aromatic ring is 1. The molecule has 1 unspecified atom stereocenters. The number of benzene rings is 1. The van der Waals surface area contributed by atoms with Crippen LogP contribution in [-0.4, -0.2) is 14.7 Å². The lowest BCUT2D eigenvalue weighted by Crippen LogP contribution is -2.13. The van der Waals surface area contributed by atoms with E-state index in [0.717, 1.165) is 16.7 Å². The molecule has 0 aliphatic rings. The predicted octanol–water partition coefficient (Wildman–Crippen LogP) is 2.60. The second kappa shape index (κ2) is 4.72. The number of nitrogens with zero attached hydrogens (tertiary/aromatic N) is 3. The zero-order valence-electron chi connectivity index (χ0n) is 11.1. The molecule has 19 heavy (non-hydrogen) atoms. The number of aromatic nitrogens is 2. The van der Waals surface area contributed by atoms with E-state index in [1.807, 2.05) is 39.0 Å². The maximum Gasteiger partial charge on any atom is 0.330 e. The summed E-state index contributed by atoms with van der Waals surface area (Å²) < 4.78 is 1.49. The average Bonchev–Trinajstić information content (AvgIpc) is 2.73. The minimum absolute atomic E-state index is 0.0819. The van der Waals surface area contributed by atoms with Gasteiger partial charge < -0.3 is 5.73 Å². The van der Waals surface area contributed by atoms with Crippen LogP contribution in [0.5, 0.6) is 0 Å². The number of aryl methyl sites for hydroxylation is 2. The third kappa shape index (κ3) is 2.29. The van der Waals surface area contributed by atoms with E-state index in [-0.39, 0.29) is 17.5 Å². The lowest BCUT2D eigenvalue weighted by molar-refractivity contribution is -0.384. The molecule has 2 aromatic rings. The molecular weight excluding hydrogens is 244 g/mol. The summed E-state index contributed by atoms with van der Waals surface area (Å²) in [6.07, 6.45) is 1.19. The number of hydrogen-bond donors (Lipinski definition) is 1. The van der Waals surface area contributed by atoms with Gasteiger partial charge in [-0.2, -0.15) is 5.10 Å². The topological polar surface area (TPSA) is 87.0 Å². The van der Waals surface area contributed by atoms with Crippen molar-refractivity contribution in [3.05, 3.63) is 51.2 Å². The first kappa shape index (κ1) is 13.1. The Morgan fingerprint density at radius 2 is 2.11 bits per heavy atom. The van der Waals surface area contributed by atoms with Crippen molar-refractivity contribution < 1.29 is 4.92 Å². The second-order valence-corrected chi connectivity index (χ2v) is 4.65. The standard InChI is InChI=1S/C13H16N4O2/c1-8-4-5-9(2)11(6-8)10(3)16-13(14)12(7-15-16)17(18)19/h4-7,10H,14H2,1-3H3. The van der Waals surface area contributed by atoms with Gasteiger partial charge in [0.25, 0.3) is 0 Å². The highest BCUT2D eigenvalue weighted by molar-refractivity contribution is 5.52. The van der Waals surface area contributed by atoms with E-state index in [4.69, 9.17) is 5.73 Å². The van der Waals surface area contributed by atoms with Crippen LogP contribution in [0.3, 0.4) is 0 Å². The smallest absolute Gasteiger partial charge is 0.330 e. The molecule has 1 atom stereocenters. The first-order chi connectivity index (χ1) is 8.91. The Balaban J connectivity index is 2.47. The van der Waals surface area contributed by atoms with Crippen molar-refractivity contribution in [2.75, 3.05) is 5.73 Å². The summed E-state index contributed by atoms with van der Waals surface area (Å²) in [5, 5.41) is 14.8. The fourth-order valence-corrected chi connectivity index (χ4v) is 2.15. The summed E-state index contributed by atoms with van der Waals surface area (Å²) in [6, 6.07) is 5.96. The Bertz CT molecular complexity index is 634. The fraction of sp³-hybridized carbons (Fsp3) is 0.308. The molecule has 6 heteroatoms. The average molecular weight is 260 g/mol. The highest BCUT2D eigenvalue weighted by Crippen LogP contribution is 2.28. The normalized spacial score (nSPS) is 12.4. The maximum atomic E-state index is 10.8. The molecule has 0 aliphatic carbocycles. The van der Waals surface area contributed by atoms with E-state index in [1.54, 1.807) is 0 Å². The summed E-state index contributed by atoms with van der Waals surface area (Å²) >= 11 is 0. The van der Waals surface area contributed by atoms with Gasteiger partial charge in [-0.15, -0.1) is 0 Å². The number of nitro groups is 1. The van der Waals surface area contributed by atoms with Gasteiger partial charge >= 0.3 is 5.69 Å². The fourth-order valence-electron chi connectivity index (χ4n) is 2.15. The van der Waals surface area contributed by atoms with Crippen LogP contribution in [0.25, 0.3) is 0 Å². The summed E-state index contributed by atoms with van der Waals surface area (Å²) in [4.78, 5) is 10.3. The molecule has 1 heterocycles.